The molecule has 1 aromatic carbocycles. The highest BCUT2D eigenvalue weighted by Crippen LogP contribution is 2.14. The summed E-state index contributed by atoms with van der Waals surface area (Å²) < 4.78 is 6.01. The van der Waals surface area contributed by atoms with Crippen molar-refractivity contribution in [2.75, 3.05) is 19.0 Å². The lowest BCUT2D eigenvalue weighted by molar-refractivity contribution is -0.118. The monoisotopic (exact) mass is 286 g/mol. The van der Waals surface area contributed by atoms with E-state index in [9.17, 15) is 4.79 Å². The molecule has 0 saturated carbocycles. The highest BCUT2D eigenvalue weighted by Gasteiger charge is 2.11. The van der Waals surface area contributed by atoms with Gasteiger partial charge in [0.15, 0.2) is 0 Å². The highest BCUT2D eigenvalue weighted by molar-refractivity contribution is 9.10. The van der Waals surface area contributed by atoms with Crippen LogP contribution in [0.3, 0.4) is 0 Å². The fourth-order valence-corrected chi connectivity index (χ4v) is 1.48. The molecule has 88 valence electrons. The summed E-state index contributed by atoms with van der Waals surface area (Å²) in [5.41, 5.74) is 6.20. The molecule has 0 saturated heterocycles. The van der Waals surface area contributed by atoms with Crippen molar-refractivity contribution in [3.05, 3.63) is 28.7 Å². The van der Waals surface area contributed by atoms with E-state index in [1.54, 1.807) is 7.11 Å². The Bertz CT molecular complexity index is 336. The van der Waals surface area contributed by atoms with E-state index in [4.69, 9.17) is 10.5 Å². The third-order valence-corrected chi connectivity index (χ3v) is 2.67. The van der Waals surface area contributed by atoms with Crippen LogP contribution in [0.25, 0.3) is 0 Å². The summed E-state index contributed by atoms with van der Waals surface area (Å²) in [6.07, 6.45) is 0.0405. The summed E-state index contributed by atoms with van der Waals surface area (Å²) >= 11 is 3.33. The molecule has 1 atom stereocenters. The highest BCUT2D eigenvalue weighted by atomic mass is 79.9. The number of amides is 1. The number of hydrogen-bond acceptors (Lipinski definition) is 3. The molecule has 1 aromatic rings. The number of rotatable bonds is 5. The summed E-state index contributed by atoms with van der Waals surface area (Å²) in [6, 6.07) is 7.39. The number of methoxy groups -OCH3 is 1. The fourth-order valence-electron chi connectivity index (χ4n) is 1.21. The van der Waals surface area contributed by atoms with E-state index in [1.807, 2.05) is 24.3 Å². The Morgan fingerprint density at radius 1 is 1.50 bits per heavy atom. The van der Waals surface area contributed by atoms with Gasteiger partial charge in [-0.25, -0.2) is 0 Å². The normalized spacial score (nSPS) is 12.2. The molecule has 0 aliphatic carbocycles. The maximum atomic E-state index is 11.6. The van der Waals surface area contributed by atoms with Gasteiger partial charge in [-0.15, -0.1) is 0 Å². The van der Waals surface area contributed by atoms with Gasteiger partial charge in [0.05, 0.1) is 12.5 Å². The Morgan fingerprint density at radius 3 is 2.62 bits per heavy atom. The van der Waals surface area contributed by atoms with E-state index in [1.165, 1.54) is 0 Å². The van der Waals surface area contributed by atoms with Crippen molar-refractivity contribution in [1.29, 1.82) is 0 Å². The molecule has 0 aliphatic heterocycles. The lowest BCUT2D eigenvalue weighted by Gasteiger charge is -2.12. The molecule has 3 N–H and O–H groups in total. The molecule has 16 heavy (non-hydrogen) atoms. The molecule has 5 heteroatoms. The van der Waals surface area contributed by atoms with Crippen LogP contribution in [0.5, 0.6) is 0 Å². The molecule has 0 bridgehead atoms. The lowest BCUT2D eigenvalue weighted by atomic mass is 10.2. The van der Waals surface area contributed by atoms with Crippen molar-refractivity contribution in [2.24, 2.45) is 5.73 Å². The maximum absolute atomic E-state index is 11.6. The Kier molecular flexibility index (Phi) is 5.45. The fraction of sp³-hybridized carbons (Fsp3) is 0.364. The van der Waals surface area contributed by atoms with Crippen LogP contribution in [0.1, 0.15) is 6.42 Å². The molecule has 4 nitrogen and oxygen atoms in total. The van der Waals surface area contributed by atoms with Crippen LogP contribution < -0.4 is 11.1 Å². The van der Waals surface area contributed by atoms with Crippen LogP contribution in [0.2, 0.25) is 0 Å². The average Bonchev–Trinajstić information content (AvgIpc) is 2.29. The van der Waals surface area contributed by atoms with E-state index in [2.05, 4.69) is 21.2 Å². The SMILES string of the molecule is COC(CN)CC(=O)Nc1ccc(Br)cc1. The van der Waals surface area contributed by atoms with Gasteiger partial charge in [0.25, 0.3) is 0 Å². The number of ether oxygens (including phenoxy) is 1. The molecular weight excluding hydrogens is 272 g/mol. The molecule has 0 fully saturated rings. The van der Waals surface area contributed by atoms with E-state index in [0.717, 1.165) is 10.2 Å². The Morgan fingerprint density at radius 2 is 2.12 bits per heavy atom. The van der Waals surface area contributed by atoms with Crippen molar-refractivity contribution < 1.29 is 9.53 Å². The van der Waals surface area contributed by atoms with Crippen molar-refractivity contribution in [3.63, 3.8) is 0 Å². The van der Waals surface area contributed by atoms with Crippen molar-refractivity contribution in [1.82, 2.24) is 0 Å². The molecule has 0 heterocycles. The van der Waals surface area contributed by atoms with Crippen molar-refractivity contribution in [3.8, 4) is 0 Å². The van der Waals surface area contributed by atoms with E-state index >= 15 is 0 Å². The Labute approximate surface area is 103 Å². The second-order valence-electron chi connectivity index (χ2n) is 3.35. The first-order valence-electron chi connectivity index (χ1n) is 4.94. The second kappa shape index (κ2) is 6.62. The molecular formula is C11H15BrN2O2. The minimum atomic E-state index is -0.226. The lowest BCUT2D eigenvalue weighted by Crippen LogP contribution is -2.28. The van der Waals surface area contributed by atoms with Crippen LogP contribution in [-0.4, -0.2) is 25.7 Å². The zero-order chi connectivity index (χ0) is 12.0. The third kappa shape index (κ3) is 4.30. The summed E-state index contributed by atoms with van der Waals surface area (Å²) in [5, 5.41) is 2.77. The van der Waals surface area contributed by atoms with E-state index in [0.29, 0.717) is 6.54 Å². The summed E-state index contributed by atoms with van der Waals surface area (Å²) in [6.45, 7) is 0.338. The number of halogens is 1. The molecule has 0 aromatic heterocycles. The Hall–Kier alpha value is -0.910. The summed E-state index contributed by atoms with van der Waals surface area (Å²) in [7, 11) is 1.55. The van der Waals surface area contributed by atoms with Crippen LogP contribution in [-0.2, 0) is 9.53 Å². The average molecular weight is 287 g/mol. The van der Waals surface area contributed by atoms with Gasteiger partial charge in [0.2, 0.25) is 5.91 Å². The van der Waals surface area contributed by atoms with Gasteiger partial charge in [-0.2, -0.15) is 0 Å². The summed E-state index contributed by atoms with van der Waals surface area (Å²) in [5.74, 6) is -0.0976. The van der Waals surface area contributed by atoms with Crippen molar-refractivity contribution >= 4 is 27.5 Å². The van der Waals surface area contributed by atoms with E-state index in [-0.39, 0.29) is 18.4 Å². The van der Waals surface area contributed by atoms with Gasteiger partial charge in [0, 0.05) is 23.8 Å². The van der Waals surface area contributed by atoms with Crippen LogP contribution in [0.15, 0.2) is 28.7 Å². The molecule has 0 aliphatic rings. The minimum absolute atomic E-state index is 0.0976. The molecule has 1 amide bonds. The number of benzene rings is 1. The zero-order valence-corrected chi connectivity index (χ0v) is 10.7. The minimum Gasteiger partial charge on any atom is -0.380 e. The molecule has 1 rings (SSSR count). The predicted octanol–water partition coefficient (Wildman–Crippen LogP) is 1.75. The quantitative estimate of drug-likeness (QED) is 0.867. The molecule has 0 radical (unpaired) electrons. The maximum Gasteiger partial charge on any atom is 0.227 e. The van der Waals surface area contributed by atoms with Crippen LogP contribution >= 0.6 is 15.9 Å². The number of nitrogens with two attached hydrogens (primary N) is 1. The van der Waals surface area contributed by atoms with Gasteiger partial charge in [0.1, 0.15) is 0 Å². The van der Waals surface area contributed by atoms with Gasteiger partial charge in [-0.3, -0.25) is 4.79 Å². The first kappa shape index (κ1) is 13.2. The zero-order valence-electron chi connectivity index (χ0n) is 9.07. The smallest absolute Gasteiger partial charge is 0.227 e. The number of carbonyl (C=O) groups excluding carboxylic acids is 1. The van der Waals surface area contributed by atoms with Gasteiger partial charge < -0.3 is 15.8 Å². The van der Waals surface area contributed by atoms with E-state index < -0.39 is 0 Å². The topological polar surface area (TPSA) is 64.3 Å². The first-order valence-corrected chi connectivity index (χ1v) is 5.73. The first-order chi connectivity index (χ1) is 7.65. The van der Waals surface area contributed by atoms with Crippen LogP contribution in [0.4, 0.5) is 5.69 Å². The van der Waals surface area contributed by atoms with Gasteiger partial charge >= 0.3 is 0 Å². The standard InChI is InChI=1S/C11H15BrN2O2/c1-16-10(7-13)6-11(15)14-9-4-2-8(12)3-5-9/h2-5,10H,6-7,13H2,1H3,(H,14,15). The Balaban J connectivity index is 2.48. The van der Waals surface area contributed by atoms with Gasteiger partial charge in [-0.1, -0.05) is 15.9 Å². The summed E-state index contributed by atoms with van der Waals surface area (Å²) in [4.78, 5) is 11.6. The largest absolute Gasteiger partial charge is 0.380 e. The molecule has 0 spiro atoms. The molecule has 1 unspecified atom stereocenters. The number of anilines is 1. The number of carbonyl (C=O) groups is 1. The van der Waals surface area contributed by atoms with Crippen LogP contribution in [0, 0.1) is 0 Å². The number of hydrogen-bond donors (Lipinski definition) is 2. The third-order valence-electron chi connectivity index (χ3n) is 2.14. The second-order valence-corrected chi connectivity index (χ2v) is 4.27. The van der Waals surface area contributed by atoms with Gasteiger partial charge in [-0.05, 0) is 24.3 Å². The van der Waals surface area contributed by atoms with Crippen molar-refractivity contribution in [2.45, 2.75) is 12.5 Å². The predicted molar refractivity (Wildman–Crippen MR) is 67.2 cm³/mol. The number of nitrogens with one attached hydrogen (secondary N) is 1.